The van der Waals surface area contributed by atoms with Gasteiger partial charge in [0.25, 0.3) is 0 Å². The van der Waals surface area contributed by atoms with Crippen LogP contribution in [0.5, 0.6) is 0 Å². The van der Waals surface area contributed by atoms with Gasteiger partial charge in [-0.3, -0.25) is 37.3 Å². The van der Waals surface area contributed by atoms with Crippen LogP contribution in [0.1, 0.15) is 297 Å². The summed E-state index contributed by atoms with van der Waals surface area (Å²) in [7, 11) is -9.99. The van der Waals surface area contributed by atoms with Gasteiger partial charge in [0.2, 0.25) is 0 Å². The molecule has 0 aliphatic rings. The Morgan fingerprint density at radius 3 is 0.920 bits per heavy atom. The molecule has 0 aliphatic carbocycles. The maximum absolute atomic E-state index is 13.1. The quantitative estimate of drug-likeness (QED) is 0.0169. The number of aliphatic hydroxyl groups excluding tert-OH is 1. The number of phosphoric ester groups is 2. The zero-order valence-electron chi connectivity index (χ0n) is 62.3. The van der Waals surface area contributed by atoms with Crippen molar-refractivity contribution in [2.75, 3.05) is 39.6 Å². The molecule has 19 heteroatoms. The van der Waals surface area contributed by atoms with E-state index in [0.717, 1.165) is 141 Å². The van der Waals surface area contributed by atoms with Crippen LogP contribution in [0.2, 0.25) is 0 Å². The van der Waals surface area contributed by atoms with Gasteiger partial charge in [-0.05, 0) is 122 Å². The minimum Gasteiger partial charge on any atom is -0.462 e. The number of aliphatic hydroxyl groups is 1. The summed E-state index contributed by atoms with van der Waals surface area (Å²) < 4.78 is 68.3. The van der Waals surface area contributed by atoms with Crippen molar-refractivity contribution in [3.05, 3.63) is 134 Å². The molecule has 0 saturated carbocycles. The van der Waals surface area contributed by atoms with Gasteiger partial charge in [-0.15, -0.1) is 0 Å². The molecule has 5 atom stereocenters. The Labute approximate surface area is 605 Å². The lowest BCUT2D eigenvalue weighted by molar-refractivity contribution is -0.161. The fourth-order valence-electron chi connectivity index (χ4n) is 9.84. The van der Waals surface area contributed by atoms with Gasteiger partial charge in [0.05, 0.1) is 32.8 Å². The van der Waals surface area contributed by atoms with Crippen LogP contribution in [0.3, 0.4) is 0 Å². The van der Waals surface area contributed by atoms with Crippen molar-refractivity contribution in [3.63, 3.8) is 0 Å². The predicted octanol–water partition coefficient (Wildman–Crippen LogP) is 22.1. The summed E-state index contributed by atoms with van der Waals surface area (Å²) >= 11 is 0. The Hall–Kier alpha value is -4.80. The molecular formula is C81H136O17P2. The third-order valence-electron chi connectivity index (χ3n) is 15.6. The van der Waals surface area contributed by atoms with Crippen molar-refractivity contribution in [1.29, 1.82) is 0 Å². The Bertz CT molecular complexity index is 2420. The normalized spacial score (nSPS) is 14.7. The lowest BCUT2D eigenvalue weighted by Gasteiger charge is -2.21. The fraction of sp³-hybridized carbons (Fsp3) is 0.679. The molecule has 5 unspecified atom stereocenters. The van der Waals surface area contributed by atoms with Crippen molar-refractivity contribution in [2.24, 2.45) is 0 Å². The summed E-state index contributed by atoms with van der Waals surface area (Å²) in [5.74, 6) is -2.37. The number of ether oxygens (including phenoxy) is 4. The van der Waals surface area contributed by atoms with Crippen molar-refractivity contribution < 1.29 is 80.2 Å². The molecule has 0 aromatic heterocycles. The molecule has 0 spiro atoms. The van der Waals surface area contributed by atoms with E-state index in [4.69, 9.17) is 37.0 Å². The average Bonchev–Trinajstić information content (AvgIpc) is 0.935. The van der Waals surface area contributed by atoms with Crippen LogP contribution in [0.15, 0.2) is 134 Å². The zero-order valence-corrected chi connectivity index (χ0v) is 64.1. The molecule has 0 bridgehead atoms. The third-order valence-corrected chi connectivity index (χ3v) is 17.5. The SMILES string of the molecule is CC/C=C\C/C=C\C/C=C\C/C=C\C/C=C\CCCCCC(=O)OCC(COP(=O)(O)OCC(O)COP(=O)(O)OCC(COC(=O)C/C=C\C/C=C\C/C=C\C/C=C\C/C=C\CC)OC(=O)CCCCCCCCCCCCCCC)OC(=O)CCCCCCC/C=C\CCCCCC. The summed E-state index contributed by atoms with van der Waals surface area (Å²) in [5.41, 5.74) is 0. The van der Waals surface area contributed by atoms with Crippen molar-refractivity contribution >= 4 is 39.5 Å². The van der Waals surface area contributed by atoms with Crippen LogP contribution in [-0.2, 0) is 65.4 Å². The number of carbonyl (C=O) groups is 4. The van der Waals surface area contributed by atoms with Gasteiger partial charge in [0.15, 0.2) is 12.2 Å². The van der Waals surface area contributed by atoms with E-state index in [9.17, 15) is 43.2 Å². The minimum atomic E-state index is -5.00. The molecular weight excluding hydrogens is 1310 g/mol. The van der Waals surface area contributed by atoms with E-state index in [1.165, 1.54) is 77.0 Å². The van der Waals surface area contributed by atoms with Crippen molar-refractivity contribution in [2.45, 2.75) is 316 Å². The molecule has 3 N–H and O–H groups in total. The Balaban J connectivity index is 5.43. The lowest BCUT2D eigenvalue weighted by atomic mass is 10.0. The fourth-order valence-corrected chi connectivity index (χ4v) is 11.4. The predicted molar refractivity (Wildman–Crippen MR) is 408 cm³/mol. The van der Waals surface area contributed by atoms with Gasteiger partial charge < -0.3 is 33.8 Å². The van der Waals surface area contributed by atoms with Crippen LogP contribution in [-0.4, -0.2) is 96.7 Å². The minimum absolute atomic E-state index is 0.0717. The summed E-state index contributed by atoms with van der Waals surface area (Å²) in [6.45, 7) is 4.47. The van der Waals surface area contributed by atoms with Gasteiger partial charge in [0, 0.05) is 19.3 Å². The van der Waals surface area contributed by atoms with Crippen LogP contribution >= 0.6 is 15.6 Å². The average molecular weight is 1440 g/mol. The first-order valence-electron chi connectivity index (χ1n) is 38.4. The number of hydrogen-bond donors (Lipinski definition) is 3. The largest absolute Gasteiger partial charge is 0.472 e. The standard InChI is InChI=1S/C81H136O17P2/c1-5-9-13-17-21-25-29-33-35-36-37-38-40-44-46-50-54-58-62-66-79(84)92-72-77(98-81(86)68-64-60-56-52-48-42-32-28-24-20-16-12-8-4)74-96-100(89,90)94-70-75(82)69-93-99(87,88)95-73-76(97-80(85)67-63-59-55-51-47-41-31-27-23-19-15-11-7-3)71-91-78(83)65-61-57-53-49-45-43-39-34-30-26-22-18-14-10-6-2/h9-10,13-14,21-22,25-26,28,32-35,37-39,44-46,49,57,61,75-77,82H,5-8,11-12,15-20,23-24,27,29-31,36,40-43,47-48,50-56,58-60,62-74H2,1-4H3,(H,87,88)(H,89,90)/b13-9-,14-10-,25-21-,26-22-,32-28-,35-33-,38-37-,39-34-,46-44-,49-45-,61-57-. The van der Waals surface area contributed by atoms with E-state index < -0.39 is 97.5 Å². The number of carbonyl (C=O) groups excluding carboxylic acids is 4. The van der Waals surface area contributed by atoms with Gasteiger partial charge in [-0.1, -0.05) is 283 Å². The first-order chi connectivity index (χ1) is 48.7. The Morgan fingerprint density at radius 2 is 0.560 bits per heavy atom. The van der Waals surface area contributed by atoms with Gasteiger partial charge in [-0.25, -0.2) is 9.13 Å². The van der Waals surface area contributed by atoms with E-state index in [1.807, 2.05) is 18.2 Å². The van der Waals surface area contributed by atoms with Gasteiger partial charge >= 0.3 is 39.5 Å². The number of allylic oxidation sites excluding steroid dienone is 21. The number of rotatable bonds is 71. The van der Waals surface area contributed by atoms with E-state index in [0.29, 0.717) is 25.7 Å². The zero-order chi connectivity index (χ0) is 73.2. The molecule has 0 rings (SSSR count). The maximum atomic E-state index is 13.1. The molecule has 0 amide bonds. The van der Waals surface area contributed by atoms with Crippen LogP contribution in [0.4, 0.5) is 0 Å². The first-order valence-corrected chi connectivity index (χ1v) is 41.4. The monoisotopic (exact) mass is 1440 g/mol. The van der Waals surface area contributed by atoms with Crippen molar-refractivity contribution in [3.8, 4) is 0 Å². The van der Waals surface area contributed by atoms with E-state index in [2.05, 4.69) is 137 Å². The first kappa shape index (κ1) is 95.2. The highest BCUT2D eigenvalue weighted by Gasteiger charge is 2.30. The highest BCUT2D eigenvalue weighted by Crippen LogP contribution is 2.45. The lowest BCUT2D eigenvalue weighted by Crippen LogP contribution is -2.30. The summed E-state index contributed by atoms with van der Waals surface area (Å²) in [5, 5.41) is 10.6. The maximum Gasteiger partial charge on any atom is 0.472 e. The van der Waals surface area contributed by atoms with E-state index >= 15 is 0 Å². The van der Waals surface area contributed by atoms with Gasteiger partial charge in [0.1, 0.15) is 19.3 Å². The molecule has 0 fully saturated rings. The van der Waals surface area contributed by atoms with E-state index in [-0.39, 0.29) is 25.7 Å². The van der Waals surface area contributed by atoms with Crippen LogP contribution in [0.25, 0.3) is 0 Å². The highest BCUT2D eigenvalue weighted by atomic mass is 31.2. The van der Waals surface area contributed by atoms with Gasteiger partial charge in [-0.2, -0.15) is 0 Å². The molecule has 0 saturated heterocycles. The number of hydrogen-bond acceptors (Lipinski definition) is 15. The number of esters is 4. The smallest absolute Gasteiger partial charge is 0.462 e. The molecule has 572 valence electrons. The topological polar surface area (TPSA) is 237 Å². The van der Waals surface area contributed by atoms with Crippen LogP contribution < -0.4 is 0 Å². The second-order valence-electron chi connectivity index (χ2n) is 25.2. The third kappa shape index (κ3) is 71.6. The number of unbranched alkanes of at least 4 members (excludes halogenated alkanes) is 24. The molecule has 0 heterocycles. The second kappa shape index (κ2) is 72.5. The molecule has 17 nitrogen and oxygen atoms in total. The summed E-state index contributed by atoms with van der Waals surface area (Å²) in [6, 6.07) is 0. The number of phosphoric acid groups is 2. The molecule has 100 heavy (non-hydrogen) atoms. The summed E-state index contributed by atoms with van der Waals surface area (Å²) in [4.78, 5) is 72.8. The molecule has 0 aliphatic heterocycles. The highest BCUT2D eigenvalue weighted by molar-refractivity contribution is 7.47. The molecule has 0 aromatic carbocycles. The van der Waals surface area contributed by atoms with E-state index in [1.54, 1.807) is 6.08 Å². The second-order valence-corrected chi connectivity index (χ2v) is 28.1. The van der Waals surface area contributed by atoms with Crippen molar-refractivity contribution in [1.82, 2.24) is 0 Å². The summed E-state index contributed by atoms with van der Waals surface area (Å²) in [6.07, 6.45) is 80.4. The van der Waals surface area contributed by atoms with Crippen LogP contribution in [0, 0.1) is 0 Å². The molecule has 0 aromatic rings. The Morgan fingerprint density at radius 1 is 0.300 bits per heavy atom. The Kier molecular flexibility index (Phi) is 69.1. The molecule has 0 radical (unpaired) electrons.